The Balaban J connectivity index is 3.57. The number of ether oxygens (including phenoxy) is 1. The molecular formula is C9H11BrO4S. The van der Waals surface area contributed by atoms with Crippen molar-refractivity contribution in [2.45, 2.75) is 11.5 Å². The highest BCUT2D eigenvalue weighted by Gasteiger charge is 2.17. The largest absolute Gasteiger partial charge is 0.496 e. The summed E-state index contributed by atoms with van der Waals surface area (Å²) in [5, 5.41) is 9.12. The third kappa shape index (κ3) is 2.70. The molecular weight excluding hydrogens is 284 g/mol. The van der Waals surface area contributed by atoms with E-state index in [9.17, 15) is 8.42 Å². The number of methoxy groups -OCH3 is 1. The van der Waals surface area contributed by atoms with E-state index in [2.05, 4.69) is 15.9 Å². The minimum absolute atomic E-state index is 0.0798. The SMILES string of the molecule is COc1cc(Br)cc(S(C)(=O)=O)c1CO. The van der Waals surface area contributed by atoms with Crippen molar-refractivity contribution in [2.75, 3.05) is 13.4 Å². The van der Waals surface area contributed by atoms with Gasteiger partial charge in [0.15, 0.2) is 9.84 Å². The highest BCUT2D eigenvalue weighted by molar-refractivity contribution is 9.10. The second-order valence-corrected chi connectivity index (χ2v) is 5.91. The summed E-state index contributed by atoms with van der Waals surface area (Å²) in [5.41, 5.74) is 0.281. The first-order valence-corrected chi connectivity index (χ1v) is 6.76. The minimum atomic E-state index is -3.37. The van der Waals surface area contributed by atoms with E-state index >= 15 is 0 Å². The van der Waals surface area contributed by atoms with Crippen LogP contribution in [0.2, 0.25) is 0 Å². The molecule has 0 atom stereocenters. The lowest BCUT2D eigenvalue weighted by atomic mass is 10.2. The molecule has 1 aromatic rings. The molecule has 84 valence electrons. The quantitative estimate of drug-likeness (QED) is 0.914. The van der Waals surface area contributed by atoms with Gasteiger partial charge in [-0.1, -0.05) is 15.9 Å². The Labute approximate surface area is 96.9 Å². The fourth-order valence-corrected chi connectivity index (χ4v) is 2.80. The predicted octanol–water partition coefficient (Wildman–Crippen LogP) is 1.35. The van der Waals surface area contributed by atoms with E-state index in [-0.39, 0.29) is 17.1 Å². The highest BCUT2D eigenvalue weighted by atomic mass is 79.9. The summed E-state index contributed by atoms with van der Waals surface area (Å²) >= 11 is 3.18. The minimum Gasteiger partial charge on any atom is -0.496 e. The molecule has 0 unspecified atom stereocenters. The molecule has 1 aromatic carbocycles. The molecule has 15 heavy (non-hydrogen) atoms. The molecule has 0 aliphatic heterocycles. The van der Waals surface area contributed by atoms with E-state index in [1.165, 1.54) is 13.2 Å². The zero-order valence-electron chi connectivity index (χ0n) is 8.32. The van der Waals surface area contributed by atoms with Crippen molar-refractivity contribution in [2.24, 2.45) is 0 Å². The number of sulfone groups is 1. The molecule has 0 radical (unpaired) electrons. The molecule has 1 N–H and O–H groups in total. The van der Waals surface area contributed by atoms with Crippen LogP contribution in [0.1, 0.15) is 5.56 Å². The van der Waals surface area contributed by atoms with Gasteiger partial charge in [0.1, 0.15) is 5.75 Å². The van der Waals surface area contributed by atoms with E-state index in [0.717, 1.165) is 6.26 Å². The Bertz CT molecular complexity index is 467. The normalized spacial score (nSPS) is 11.5. The van der Waals surface area contributed by atoms with Gasteiger partial charge >= 0.3 is 0 Å². The molecule has 0 saturated carbocycles. The topological polar surface area (TPSA) is 63.6 Å². The Morgan fingerprint density at radius 3 is 2.47 bits per heavy atom. The van der Waals surface area contributed by atoms with Gasteiger partial charge in [0, 0.05) is 16.3 Å². The summed E-state index contributed by atoms with van der Waals surface area (Å²) in [6.45, 7) is -0.376. The first-order valence-electron chi connectivity index (χ1n) is 4.07. The van der Waals surface area contributed by atoms with Crippen molar-refractivity contribution in [3.8, 4) is 5.75 Å². The van der Waals surface area contributed by atoms with Crippen LogP contribution in [0.15, 0.2) is 21.5 Å². The van der Waals surface area contributed by atoms with Gasteiger partial charge in [-0.05, 0) is 12.1 Å². The van der Waals surface area contributed by atoms with Crippen LogP contribution in [0, 0.1) is 0 Å². The van der Waals surface area contributed by atoms with Crippen LogP contribution in [0.5, 0.6) is 5.75 Å². The van der Waals surface area contributed by atoms with Crippen molar-refractivity contribution in [3.05, 3.63) is 22.2 Å². The zero-order valence-corrected chi connectivity index (χ0v) is 10.7. The lowest BCUT2D eigenvalue weighted by Gasteiger charge is -2.11. The molecule has 0 aromatic heterocycles. The van der Waals surface area contributed by atoms with E-state index in [1.807, 2.05) is 0 Å². The lowest BCUT2D eigenvalue weighted by molar-refractivity contribution is 0.270. The standard InChI is InChI=1S/C9H11BrO4S/c1-14-8-3-6(10)4-9(7(8)5-11)15(2,12)13/h3-4,11H,5H2,1-2H3. The van der Waals surface area contributed by atoms with Gasteiger partial charge in [0.2, 0.25) is 0 Å². The van der Waals surface area contributed by atoms with Crippen molar-refractivity contribution >= 4 is 25.8 Å². The van der Waals surface area contributed by atoms with Crippen molar-refractivity contribution in [1.29, 1.82) is 0 Å². The third-order valence-electron chi connectivity index (χ3n) is 1.91. The van der Waals surface area contributed by atoms with Gasteiger partial charge in [-0.2, -0.15) is 0 Å². The molecule has 1 rings (SSSR count). The van der Waals surface area contributed by atoms with Gasteiger partial charge < -0.3 is 9.84 Å². The first kappa shape index (κ1) is 12.5. The van der Waals surface area contributed by atoms with E-state index in [0.29, 0.717) is 10.2 Å². The summed E-state index contributed by atoms with van der Waals surface area (Å²) in [5.74, 6) is 0.354. The summed E-state index contributed by atoms with van der Waals surface area (Å²) in [6, 6.07) is 3.06. The van der Waals surface area contributed by atoms with Crippen LogP contribution in [-0.4, -0.2) is 26.9 Å². The van der Waals surface area contributed by atoms with Gasteiger partial charge in [-0.25, -0.2) is 8.42 Å². The number of hydrogen-bond donors (Lipinski definition) is 1. The van der Waals surface area contributed by atoms with Crippen molar-refractivity contribution in [3.63, 3.8) is 0 Å². The van der Waals surface area contributed by atoms with Crippen LogP contribution in [-0.2, 0) is 16.4 Å². The predicted molar refractivity (Wildman–Crippen MR) is 59.7 cm³/mol. The van der Waals surface area contributed by atoms with Crippen LogP contribution < -0.4 is 4.74 Å². The number of hydrogen-bond acceptors (Lipinski definition) is 4. The highest BCUT2D eigenvalue weighted by Crippen LogP contribution is 2.30. The maximum atomic E-state index is 11.4. The lowest BCUT2D eigenvalue weighted by Crippen LogP contribution is -2.04. The van der Waals surface area contributed by atoms with Gasteiger partial charge in [-0.3, -0.25) is 0 Å². The summed E-state index contributed by atoms with van der Waals surface area (Å²) < 4.78 is 28.5. The Morgan fingerprint density at radius 2 is 2.07 bits per heavy atom. The summed E-state index contributed by atoms with van der Waals surface area (Å²) in [7, 11) is -1.95. The molecule has 4 nitrogen and oxygen atoms in total. The average Bonchev–Trinajstić information content (AvgIpc) is 2.15. The Kier molecular flexibility index (Phi) is 3.75. The van der Waals surface area contributed by atoms with Gasteiger partial charge in [0.25, 0.3) is 0 Å². The first-order chi connectivity index (χ1) is 6.90. The number of benzene rings is 1. The van der Waals surface area contributed by atoms with Crippen molar-refractivity contribution < 1.29 is 18.3 Å². The van der Waals surface area contributed by atoms with E-state index in [1.54, 1.807) is 6.07 Å². The van der Waals surface area contributed by atoms with Gasteiger partial charge in [0.05, 0.1) is 18.6 Å². The van der Waals surface area contributed by atoms with Crippen LogP contribution >= 0.6 is 15.9 Å². The zero-order chi connectivity index (χ0) is 11.6. The smallest absolute Gasteiger partial charge is 0.176 e. The summed E-state index contributed by atoms with van der Waals surface area (Å²) in [4.78, 5) is 0.0798. The Morgan fingerprint density at radius 1 is 1.47 bits per heavy atom. The third-order valence-corrected chi connectivity index (χ3v) is 3.53. The molecule has 0 fully saturated rings. The van der Waals surface area contributed by atoms with Gasteiger partial charge in [-0.15, -0.1) is 0 Å². The van der Waals surface area contributed by atoms with Crippen LogP contribution in [0.25, 0.3) is 0 Å². The van der Waals surface area contributed by atoms with E-state index < -0.39 is 9.84 Å². The molecule has 0 aliphatic rings. The maximum Gasteiger partial charge on any atom is 0.176 e. The maximum absolute atomic E-state index is 11.4. The fourth-order valence-electron chi connectivity index (χ4n) is 1.26. The molecule has 0 saturated heterocycles. The molecule has 6 heteroatoms. The molecule has 0 spiro atoms. The van der Waals surface area contributed by atoms with Crippen molar-refractivity contribution in [1.82, 2.24) is 0 Å². The second-order valence-electron chi connectivity index (χ2n) is 3.02. The van der Waals surface area contributed by atoms with Crippen LogP contribution in [0.3, 0.4) is 0 Å². The molecule has 0 amide bonds. The number of aliphatic hydroxyl groups excluding tert-OH is 1. The van der Waals surface area contributed by atoms with Crippen LogP contribution in [0.4, 0.5) is 0 Å². The monoisotopic (exact) mass is 294 g/mol. The second kappa shape index (κ2) is 4.51. The summed E-state index contributed by atoms with van der Waals surface area (Å²) in [6.07, 6.45) is 1.09. The number of halogens is 1. The molecule has 0 aliphatic carbocycles. The average molecular weight is 295 g/mol. The number of rotatable bonds is 3. The van der Waals surface area contributed by atoms with E-state index in [4.69, 9.17) is 9.84 Å². The fraction of sp³-hybridized carbons (Fsp3) is 0.333. The molecule has 0 bridgehead atoms. The number of aliphatic hydroxyl groups is 1. The Hall–Kier alpha value is -0.590. The molecule has 0 heterocycles.